The predicted octanol–water partition coefficient (Wildman–Crippen LogP) is 1.73. The number of carbonyl (C=O) groups excluding carboxylic acids is 3. The quantitative estimate of drug-likeness (QED) is 0.200. The first-order chi connectivity index (χ1) is 20.1. The number of likely N-dealkylation sites (tertiary alicyclic amines) is 1. The number of carboxylic acid groups (broad SMARTS) is 1. The number of hydrogen-bond donors (Lipinski definition) is 5. The number of hydrogen-bond acceptors (Lipinski definition) is 5. The summed E-state index contributed by atoms with van der Waals surface area (Å²) in [6, 6.07) is 15.8. The maximum atomic E-state index is 13.7. The van der Waals surface area contributed by atoms with E-state index in [2.05, 4.69) is 10.6 Å². The molecule has 0 bridgehead atoms. The van der Waals surface area contributed by atoms with Gasteiger partial charge in [-0.15, -0.1) is 0 Å². The van der Waals surface area contributed by atoms with Gasteiger partial charge in [0.05, 0.1) is 12.5 Å². The summed E-state index contributed by atoms with van der Waals surface area (Å²) in [6.07, 6.45) is 2.45. The van der Waals surface area contributed by atoms with Gasteiger partial charge >= 0.3 is 12.0 Å². The zero-order valence-corrected chi connectivity index (χ0v) is 23.7. The van der Waals surface area contributed by atoms with E-state index in [0.717, 1.165) is 17.5 Å². The van der Waals surface area contributed by atoms with Crippen LogP contribution in [0, 0.1) is 5.41 Å². The Morgan fingerprint density at radius 1 is 0.976 bits per heavy atom. The molecule has 0 radical (unpaired) electrons. The molecule has 12 heteroatoms. The molecule has 2 atom stereocenters. The molecule has 2 aliphatic rings. The monoisotopic (exact) mass is 577 g/mol. The Morgan fingerprint density at radius 2 is 1.57 bits per heavy atom. The minimum absolute atomic E-state index is 0.0629. The fourth-order valence-corrected chi connectivity index (χ4v) is 5.31. The Labute approximate surface area is 245 Å². The van der Waals surface area contributed by atoms with Gasteiger partial charge in [0, 0.05) is 32.2 Å². The van der Waals surface area contributed by atoms with Crippen LogP contribution >= 0.6 is 0 Å². The number of amides is 4. The van der Waals surface area contributed by atoms with Gasteiger partial charge in [-0.3, -0.25) is 19.8 Å². The molecule has 0 unspecified atom stereocenters. The lowest BCUT2D eigenvalue weighted by Crippen LogP contribution is -2.56. The molecule has 12 nitrogen and oxygen atoms in total. The molecular weight excluding hydrogens is 538 g/mol. The van der Waals surface area contributed by atoms with Crippen LogP contribution in [-0.4, -0.2) is 94.4 Å². The van der Waals surface area contributed by atoms with Crippen molar-refractivity contribution in [2.75, 3.05) is 26.7 Å². The Bertz CT molecular complexity index is 1230. The second-order valence-electron chi connectivity index (χ2n) is 10.9. The summed E-state index contributed by atoms with van der Waals surface area (Å²) in [5, 5.41) is 22.8. The lowest BCUT2D eigenvalue weighted by molar-refractivity contribution is -0.146. The van der Waals surface area contributed by atoms with E-state index in [4.69, 9.17) is 11.1 Å². The number of piperidine rings is 1. The van der Waals surface area contributed by atoms with Gasteiger partial charge in [0.15, 0.2) is 5.96 Å². The molecule has 1 aliphatic heterocycles. The number of carboxylic acids is 1. The van der Waals surface area contributed by atoms with Gasteiger partial charge in [-0.05, 0) is 36.8 Å². The number of benzene rings is 2. The standard InChI is InChI=1S/C30H39N7O5/c1-35(23-13-8-16-36(18-23)29(31)32)25(38)17-24(28(41)37(19-26(39)40)22-14-15-22)33-30(42)34-27(20-9-4-2-5-10-20)21-11-6-3-7-12-21/h2-7,9-12,22-24,27H,8,13-19H2,1H3,(H3,31,32)(H,39,40)(H2,33,34,42)/t23-,24-/m0/s1. The fraction of sp³-hybridized carbons (Fsp3) is 0.433. The highest BCUT2D eigenvalue weighted by Crippen LogP contribution is 2.28. The van der Waals surface area contributed by atoms with Gasteiger partial charge < -0.3 is 36.2 Å². The maximum Gasteiger partial charge on any atom is 0.323 e. The predicted molar refractivity (Wildman–Crippen MR) is 156 cm³/mol. The normalized spacial score (nSPS) is 17.2. The average Bonchev–Trinajstić information content (AvgIpc) is 3.84. The summed E-state index contributed by atoms with van der Waals surface area (Å²) in [7, 11) is 1.63. The number of carbonyl (C=O) groups is 4. The van der Waals surface area contributed by atoms with E-state index in [1.165, 1.54) is 9.80 Å². The molecule has 4 amide bonds. The second kappa shape index (κ2) is 13.8. The zero-order chi connectivity index (χ0) is 30.2. The maximum absolute atomic E-state index is 13.7. The van der Waals surface area contributed by atoms with E-state index in [-0.39, 0.29) is 30.4 Å². The molecule has 0 aromatic heterocycles. The highest BCUT2D eigenvalue weighted by Gasteiger charge is 2.39. The van der Waals surface area contributed by atoms with Crippen LogP contribution in [0.1, 0.15) is 49.3 Å². The summed E-state index contributed by atoms with van der Waals surface area (Å²) in [5.41, 5.74) is 7.32. The first-order valence-electron chi connectivity index (χ1n) is 14.2. The molecule has 2 aromatic carbocycles. The Kier molecular flexibility index (Phi) is 10.00. The number of aliphatic carboxylic acids is 1. The summed E-state index contributed by atoms with van der Waals surface area (Å²) in [5.74, 6) is -2.21. The summed E-state index contributed by atoms with van der Waals surface area (Å²) >= 11 is 0. The van der Waals surface area contributed by atoms with E-state index in [9.17, 15) is 24.3 Å². The number of rotatable bonds is 11. The SMILES string of the molecule is CN(C(=O)C[C@H](NC(=O)NC(c1ccccc1)c1ccccc1)C(=O)N(CC(=O)O)C1CC1)[C@H]1CCCN(C(=N)N)C1. The first kappa shape index (κ1) is 30.4. The molecule has 2 fully saturated rings. The van der Waals surface area contributed by atoms with Crippen LogP contribution in [0.25, 0.3) is 0 Å². The second-order valence-corrected chi connectivity index (χ2v) is 10.9. The van der Waals surface area contributed by atoms with Gasteiger partial charge in [-0.25, -0.2) is 4.79 Å². The molecule has 6 N–H and O–H groups in total. The van der Waals surface area contributed by atoms with E-state index in [0.29, 0.717) is 32.4 Å². The Balaban J connectivity index is 1.53. The van der Waals surface area contributed by atoms with Crippen LogP contribution in [0.5, 0.6) is 0 Å². The van der Waals surface area contributed by atoms with Crippen LogP contribution in [0.15, 0.2) is 60.7 Å². The van der Waals surface area contributed by atoms with Crippen LogP contribution in [0.4, 0.5) is 4.79 Å². The van der Waals surface area contributed by atoms with Gasteiger partial charge in [-0.1, -0.05) is 60.7 Å². The zero-order valence-electron chi connectivity index (χ0n) is 23.7. The summed E-state index contributed by atoms with van der Waals surface area (Å²) < 4.78 is 0. The average molecular weight is 578 g/mol. The number of nitrogens with two attached hydrogens (primary N) is 1. The van der Waals surface area contributed by atoms with Crippen molar-refractivity contribution < 1.29 is 24.3 Å². The Morgan fingerprint density at radius 3 is 2.10 bits per heavy atom. The number of likely N-dealkylation sites (N-methyl/N-ethyl adjacent to an activating group) is 1. The lowest BCUT2D eigenvalue weighted by Gasteiger charge is -2.38. The molecule has 1 aliphatic carbocycles. The van der Waals surface area contributed by atoms with Crippen LogP contribution in [-0.2, 0) is 14.4 Å². The van der Waals surface area contributed by atoms with Crippen LogP contribution in [0.2, 0.25) is 0 Å². The van der Waals surface area contributed by atoms with Crippen molar-refractivity contribution in [3.63, 3.8) is 0 Å². The van der Waals surface area contributed by atoms with E-state index in [1.54, 1.807) is 11.9 Å². The molecule has 224 valence electrons. The van der Waals surface area contributed by atoms with Gasteiger partial charge in [0.2, 0.25) is 11.8 Å². The number of nitrogens with one attached hydrogen (secondary N) is 3. The van der Waals surface area contributed by atoms with Crippen molar-refractivity contribution in [3.8, 4) is 0 Å². The van der Waals surface area contributed by atoms with Crippen LogP contribution < -0.4 is 16.4 Å². The van der Waals surface area contributed by atoms with Gasteiger partial charge in [-0.2, -0.15) is 0 Å². The number of guanidine groups is 1. The van der Waals surface area contributed by atoms with Gasteiger partial charge in [0.25, 0.3) is 0 Å². The van der Waals surface area contributed by atoms with Crippen molar-refractivity contribution in [2.24, 2.45) is 5.73 Å². The Hall–Kier alpha value is -4.61. The highest BCUT2D eigenvalue weighted by atomic mass is 16.4. The molecular formula is C30H39N7O5. The minimum Gasteiger partial charge on any atom is -0.480 e. The smallest absolute Gasteiger partial charge is 0.323 e. The van der Waals surface area contributed by atoms with Crippen molar-refractivity contribution in [3.05, 3.63) is 71.8 Å². The third kappa shape index (κ3) is 7.99. The first-order valence-corrected chi connectivity index (χ1v) is 14.2. The van der Waals surface area contributed by atoms with Crippen molar-refractivity contribution in [2.45, 2.75) is 56.3 Å². The van der Waals surface area contributed by atoms with Crippen LogP contribution in [0.3, 0.4) is 0 Å². The van der Waals surface area contributed by atoms with E-state index >= 15 is 0 Å². The highest BCUT2D eigenvalue weighted by molar-refractivity contribution is 5.93. The van der Waals surface area contributed by atoms with E-state index in [1.807, 2.05) is 60.7 Å². The summed E-state index contributed by atoms with van der Waals surface area (Å²) in [6.45, 7) is 0.513. The number of nitrogens with zero attached hydrogens (tertiary/aromatic N) is 3. The molecule has 1 saturated carbocycles. The van der Waals surface area contributed by atoms with Gasteiger partial charge in [0.1, 0.15) is 12.6 Å². The van der Waals surface area contributed by atoms with Crippen molar-refractivity contribution in [1.29, 1.82) is 5.41 Å². The molecule has 4 rings (SSSR count). The third-order valence-corrected chi connectivity index (χ3v) is 7.78. The largest absolute Gasteiger partial charge is 0.480 e. The minimum atomic E-state index is -1.28. The molecule has 42 heavy (non-hydrogen) atoms. The van der Waals surface area contributed by atoms with Crippen molar-refractivity contribution in [1.82, 2.24) is 25.3 Å². The number of urea groups is 1. The van der Waals surface area contributed by atoms with E-state index < -0.39 is 36.5 Å². The topological polar surface area (TPSA) is 172 Å². The molecule has 0 spiro atoms. The third-order valence-electron chi connectivity index (χ3n) is 7.78. The molecule has 2 aromatic rings. The molecule has 1 heterocycles. The summed E-state index contributed by atoms with van der Waals surface area (Å²) in [4.78, 5) is 56.6. The van der Waals surface area contributed by atoms with Crippen molar-refractivity contribution >= 4 is 29.8 Å². The molecule has 1 saturated heterocycles. The lowest BCUT2D eigenvalue weighted by atomic mass is 9.99. The fourth-order valence-electron chi connectivity index (χ4n) is 5.31.